The molecule has 1 rings (SSSR count). The summed E-state index contributed by atoms with van der Waals surface area (Å²) in [6, 6.07) is 3.38. The van der Waals surface area contributed by atoms with Crippen LogP contribution in [-0.2, 0) is 4.79 Å². The first kappa shape index (κ1) is 11.5. The van der Waals surface area contributed by atoms with Crippen molar-refractivity contribution in [2.45, 2.75) is 13.0 Å². The van der Waals surface area contributed by atoms with Crippen molar-refractivity contribution >= 4 is 5.97 Å². The first-order chi connectivity index (χ1) is 7.04. The second-order valence-corrected chi connectivity index (χ2v) is 3.08. The summed E-state index contributed by atoms with van der Waals surface area (Å²) >= 11 is 0. The minimum Gasteiger partial charge on any atom is -0.504 e. The molecule has 0 aliphatic carbocycles. The average molecular weight is 213 g/mol. The number of phenols is 1. The number of rotatable bonds is 3. The monoisotopic (exact) mass is 213 g/mol. The largest absolute Gasteiger partial charge is 0.504 e. The molecule has 0 heterocycles. The van der Waals surface area contributed by atoms with Gasteiger partial charge in [0.15, 0.2) is 11.5 Å². The molecule has 0 aliphatic heterocycles. The second kappa shape index (κ2) is 4.75. The van der Waals surface area contributed by atoms with Crippen LogP contribution in [0.3, 0.4) is 0 Å². The molecule has 0 unspecified atom stereocenters. The van der Waals surface area contributed by atoms with Gasteiger partial charge in [-0.3, -0.25) is 4.79 Å². The fraction of sp³-hybridized carbons (Fsp3) is 0.300. The SMILES string of the molecule is CC(=O)Oc1ccc([C@H](N)CF)cc1O. The lowest BCUT2D eigenvalue weighted by atomic mass is 10.1. The van der Waals surface area contributed by atoms with E-state index < -0.39 is 18.7 Å². The fourth-order valence-electron chi connectivity index (χ4n) is 1.10. The number of aromatic hydroxyl groups is 1. The standard InChI is InChI=1S/C10H12FNO3/c1-6(13)15-10-3-2-7(4-9(10)14)8(12)5-11/h2-4,8,14H,5,12H2,1H3/t8-/m1/s1. The fourth-order valence-corrected chi connectivity index (χ4v) is 1.10. The number of benzene rings is 1. The van der Waals surface area contributed by atoms with Crippen molar-refractivity contribution in [1.82, 2.24) is 0 Å². The third-order valence-electron chi connectivity index (χ3n) is 1.83. The van der Waals surface area contributed by atoms with Gasteiger partial charge in [0.05, 0.1) is 6.04 Å². The van der Waals surface area contributed by atoms with Crippen molar-refractivity contribution in [3.05, 3.63) is 23.8 Å². The molecule has 5 heteroatoms. The van der Waals surface area contributed by atoms with Crippen LogP contribution < -0.4 is 10.5 Å². The van der Waals surface area contributed by atoms with Gasteiger partial charge in [-0.2, -0.15) is 0 Å². The Kier molecular flexibility index (Phi) is 3.62. The second-order valence-electron chi connectivity index (χ2n) is 3.08. The highest BCUT2D eigenvalue weighted by molar-refractivity contribution is 5.70. The van der Waals surface area contributed by atoms with E-state index in [1.54, 1.807) is 0 Å². The van der Waals surface area contributed by atoms with Crippen molar-refractivity contribution < 1.29 is 19.0 Å². The minimum atomic E-state index is -0.776. The van der Waals surface area contributed by atoms with E-state index in [0.29, 0.717) is 5.56 Å². The molecule has 3 N–H and O–H groups in total. The molecule has 0 bridgehead atoms. The Morgan fingerprint density at radius 1 is 1.67 bits per heavy atom. The first-order valence-corrected chi connectivity index (χ1v) is 4.37. The number of esters is 1. The number of hydrogen-bond donors (Lipinski definition) is 2. The Morgan fingerprint density at radius 3 is 2.80 bits per heavy atom. The normalized spacial score (nSPS) is 12.2. The van der Waals surface area contributed by atoms with Gasteiger partial charge < -0.3 is 15.6 Å². The van der Waals surface area contributed by atoms with E-state index in [2.05, 4.69) is 4.74 Å². The van der Waals surface area contributed by atoms with Gasteiger partial charge >= 0.3 is 5.97 Å². The van der Waals surface area contributed by atoms with Gasteiger partial charge in [0, 0.05) is 6.92 Å². The molecule has 1 atom stereocenters. The Morgan fingerprint density at radius 2 is 2.33 bits per heavy atom. The highest BCUT2D eigenvalue weighted by Gasteiger charge is 2.10. The molecule has 0 amide bonds. The molecular formula is C10H12FNO3. The predicted octanol–water partition coefficient (Wildman–Crippen LogP) is 1.29. The zero-order valence-corrected chi connectivity index (χ0v) is 8.24. The minimum absolute atomic E-state index is 0.0392. The molecule has 0 fully saturated rings. The lowest BCUT2D eigenvalue weighted by Gasteiger charge is -2.10. The van der Waals surface area contributed by atoms with Gasteiger partial charge in [-0.25, -0.2) is 4.39 Å². The number of halogens is 1. The molecule has 4 nitrogen and oxygen atoms in total. The Hall–Kier alpha value is -1.62. The van der Waals surface area contributed by atoms with Gasteiger partial charge in [-0.15, -0.1) is 0 Å². The van der Waals surface area contributed by atoms with E-state index >= 15 is 0 Å². The first-order valence-electron chi connectivity index (χ1n) is 4.37. The Labute approximate surface area is 86.5 Å². The molecule has 0 saturated carbocycles. The molecule has 0 saturated heterocycles. The zero-order chi connectivity index (χ0) is 11.4. The molecular weight excluding hydrogens is 201 g/mol. The van der Waals surface area contributed by atoms with Crippen LogP contribution in [0.25, 0.3) is 0 Å². The maximum atomic E-state index is 12.2. The van der Waals surface area contributed by atoms with Gasteiger partial charge in [0.2, 0.25) is 0 Å². The van der Waals surface area contributed by atoms with Crippen molar-refractivity contribution in [2.75, 3.05) is 6.67 Å². The number of nitrogens with two attached hydrogens (primary N) is 1. The highest BCUT2D eigenvalue weighted by atomic mass is 19.1. The predicted molar refractivity (Wildman–Crippen MR) is 52.3 cm³/mol. The summed E-state index contributed by atoms with van der Waals surface area (Å²) < 4.78 is 16.9. The highest BCUT2D eigenvalue weighted by Crippen LogP contribution is 2.28. The van der Waals surface area contributed by atoms with E-state index in [0.717, 1.165) is 0 Å². The van der Waals surface area contributed by atoms with Crippen LogP contribution in [0.15, 0.2) is 18.2 Å². The average Bonchev–Trinajstić information content (AvgIpc) is 2.19. The molecule has 82 valence electrons. The van der Waals surface area contributed by atoms with Gasteiger partial charge in [-0.05, 0) is 17.7 Å². The van der Waals surface area contributed by atoms with Gasteiger partial charge in [-0.1, -0.05) is 6.07 Å². The number of alkyl halides is 1. The quantitative estimate of drug-likeness (QED) is 0.586. The van der Waals surface area contributed by atoms with E-state index in [9.17, 15) is 14.3 Å². The van der Waals surface area contributed by atoms with Crippen molar-refractivity contribution in [3.63, 3.8) is 0 Å². The summed E-state index contributed by atoms with van der Waals surface area (Å²) in [4.78, 5) is 10.6. The van der Waals surface area contributed by atoms with Crippen molar-refractivity contribution in [2.24, 2.45) is 5.73 Å². The van der Waals surface area contributed by atoms with Crippen LogP contribution in [0.5, 0.6) is 11.5 Å². The summed E-state index contributed by atoms with van der Waals surface area (Å²) in [6.07, 6.45) is 0. The molecule has 1 aromatic rings. The van der Waals surface area contributed by atoms with Crippen molar-refractivity contribution in [1.29, 1.82) is 0 Å². The number of hydrogen-bond acceptors (Lipinski definition) is 4. The summed E-state index contributed by atoms with van der Waals surface area (Å²) in [5.74, 6) is -0.725. The summed E-state index contributed by atoms with van der Waals surface area (Å²) in [6.45, 7) is 0.507. The van der Waals surface area contributed by atoms with Crippen molar-refractivity contribution in [3.8, 4) is 11.5 Å². The summed E-state index contributed by atoms with van der Waals surface area (Å²) in [5, 5.41) is 9.43. The van der Waals surface area contributed by atoms with E-state index in [4.69, 9.17) is 5.73 Å². The molecule has 1 aromatic carbocycles. The van der Waals surface area contributed by atoms with E-state index in [1.165, 1.54) is 25.1 Å². The van der Waals surface area contributed by atoms with Crippen LogP contribution in [0.2, 0.25) is 0 Å². The summed E-state index contributed by atoms with van der Waals surface area (Å²) in [5.41, 5.74) is 5.87. The van der Waals surface area contributed by atoms with Crippen LogP contribution in [0, 0.1) is 0 Å². The van der Waals surface area contributed by atoms with Crippen LogP contribution in [0.4, 0.5) is 4.39 Å². The maximum Gasteiger partial charge on any atom is 0.308 e. The third kappa shape index (κ3) is 2.92. The van der Waals surface area contributed by atoms with Crippen LogP contribution >= 0.6 is 0 Å². The molecule has 0 spiro atoms. The number of carbonyl (C=O) groups excluding carboxylic acids is 1. The molecule has 0 aliphatic rings. The number of phenolic OH excluding ortho intramolecular Hbond substituents is 1. The summed E-state index contributed by atoms with van der Waals surface area (Å²) in [7, 11) is 0. The van der Waals surface area contributed by atoms with E-state index in [-0.39, 0.29) is 11.5 Å². The third-order valence-corrected chi connectivity index (χ3v) is 1.83. The smallest absolute Gasteiger partial charge is 0.308 e. The van der Waals surface area contributed by atoms with Crippen LogP contribution in [0.1, 0.15) is 18.5 Å². The van der Waals surface area contributed by atoms with Crippen LogP contribution in [-0.4, -0.2) is 17.8 Å². The van der Waals surface area contributed by atoms with Gasteiger partial charge in [0.1, 0.15) is 6.67 Å². The lowest BCUT2D eigenvalue weighted by molar-refractivity contribution is -0.132. The maximum absolute atomic E-state index is 12.2. The molecule has 0 radical (unpaired) electrons. The Bertz CT molecular complexity index is 368. The molecule has 0 aromatic heterocycles. The topological polar surface area (TPSA) is 72.5 Å². The molecule has 15 heavy (non-hydrogen) atoms. The number of carbonyl (C=O) groups is 1. The Balaban J connectivity index is 2.92. The van der Waals surface area contributed by atoms with Gasteiger partial charge in [0.25, 0.3) is 0 Å². The zero-order valence-electron chi connectivity index (χ0n) is 8.24. The van der Waals surface area contributed by atoms with E-state index in [1.807, 2.05) is 0 Å². The lowest BCUT2D eigenvalue weighted by Crippen LogP contribution is -2.12. The number of ether oxygens (including phenoxy) is 1.